The van der Waals surface area contributed by atoms with Gasteiger partial charge in [-0.15, -0.1) is 0 Å². The number of ether oxygens (including phenoxy) is 1. The average molecular weight is 467 g/mol. The molecule has 6 nitrogen and oxygen atoms in total. The third kappa shape index (κ3) is 5.38. The average Bonchev–Trinajstić information content (AvgIpc) is 2.73. The van der Waals surface area contributed by atoms with Crippen molar-refractivity contribution >= 4 is 26.8 Å². The van der Waals surface area contributed by atoms with Crippen LogP contribution in [-0.2, 0) is 21.3 Å². The first-order chi connectivity index (χ1) is 15.1. The SMILES string of the molecule is COC[C@H](Cc1ccccc1)NC(=O)c1c(OS(=O)(=O)C(F)(F)F)ccc2ccccc12. The Morgan fingerprint density at radius 3 is 2.31 bits per heavy atom. The molecule has 1 N–H and O–H groups in total. The van der Waals surface area contributed by atoms with E-state index in [0.29, 0.717) is 11.8 Å². The summed E-state index contributed by atoms with van der Waals surface area (Å²) in [5.74, 6) is -1.50. The molecule has 0 radical (unpaired) electrons. The van der Waals surface area contributed by atoms with Gasteiger partial charge in [-0.1, -0.05) is 60.7 Å². The molecule has 3 rings (SSSR count). The molecule has 10 heteroatoms. The van der Waals surface area contributed by atoms with Crippen LogP contribution in [0.4, 0.5) is 13.2 Å². The van der Waals surface area contributed by atoms with Crippen molar-refractivity contribution in [2.75, 3.05) is 13.7 Å². The molecule has 0 aliphatic heterocycles. The van der Waals surface area contributed by atoms with Crippen molar-refractivity contribution in [2.45, 2.75) is 18.0 Å². The Morgan fingerprint density at radius 1 is 1.00 bits per heavy atom. The van der Waals surface area contributed by atoms with E-state index in [1.807, 2.05) is 30.3 Å². The standard InChI is InChI=1S/C22H20F3NO5S/c1-30-14-17(13-15-7-3-2-4-8-15)26-21(27)20-18-10-6-5-9-16(18)11-12-19(20)31-32(28,29)22(23,24)25/h2-12,17H,13-14H2,1H3,(H,26,27)/t17-/m0/s1. The molecule has 170 valence electrons. The summed E-state index contributed by atoms with van der Waals surface area (Å²) in [5, 5.41) is 3.49. The highest BCUT2D eigenvalue weighted by Gasteiger charge is 2.49. The number of halogens is 3. The van der Waals surface area contributed by atoms with Gasteiger partial charge < -0.3 is 14.2 Å². The van der Waals surface area contributed by atoms with Gasteiger partial charge in [0.05, 0.1) is 18.2 Å². The van der Waals surface area contributed by atoms with Crippen molar-refractivity contribution in [2.24, 2.45) is 0 Å². The Hall–Kier alpha value is -3.11. The lowest BCUT2D eigenvalue weighted by atomic mass is 10.0. The van der Waals surface area contributed by atoms with E-state index < -0.39 is 33.3 Å². The van der Waals surface area contributed by atoms with Gasteiger partial charge in [0.15, 0.2) is 5.75 Å². The molecule has 1 amide bonds. The molecule has 0 aliphatic carbocycles. The minimum Gasteiger partial charge on any atom is -0.383 e. The van der Waals surface area contributed by atoms with Crippen LogP contribution in [0.2, 0.25) is 0 Å². The van der Waals surface area contributed by atoms with Crippen molar-refractivity contribution in [3.05, 3.63) is 77.9 Å². The fourth-order valence-corrected chi connectivity index (χ4v) is 3.70. The molecular formula is C22H20F3NO5S. The topological polar surface area (TPSA) is 81.7 Å². The Morgan fingerprint density at radius 2 is 1.66 bits per heavy atom. The Kier molecular flexibility index (Phi) is 7.05. The Balaban J connectivity index is 2.00. The number of hydrogen-bond donors (Lipinski definition) is 1. The molecule has 0 fully saturated rings. The molecule has 3 aromatic carbocycles. The number of amides is 1. The van der Waals surface area contributed by atoms with E-state index in [4.69, 9.17) is 4.74 Å². The summed E-state index contributed by atoms with van der Waals surface area (Å²) in [5.41, 5.74) is -5.05. The number of alkyl halides is 3. The van der Waals surface area contributed by atoms with Gasteiger partial charge in [0.2, 0.25) is 0 Å². The van der Waals surface area contributed by atoms with Gasteiger partial charge in [-0.3, -0.25) is 4.79 Å². The third-order valence-corrected chi connectivity index (χ3v) is 5.59. The van der Waals surface area contributed by atoms with Crippen LogP contribution >= 0.6 is 0 Å². The lowest BCUT2D eigenvalue weighted by Gasteiger charge is -2.20. The van der Waals surface area contributed by atoms with E-state index >= 15 is 0 Å². The summed E-state index contributed by atoms with van der Waals surface area (Å²) in [6, 6.07) is 17.5. The zero-order chi connectivity index (χ0) is 23.4. The van der Waals surface area contributed by atoms with Gasteiger partial charge in [0, 0.05) is 7.11 Å². The largest absolute Gasteiger partial charge is 0.534 e. The highest BCUT2D eigenvalue weighted by molar-refractivity contribution is 7.88. The zero-order valence-electron chi connectivity index (χ0n) is 16.9. The van der Waals surface area contributed by atoms with Crippen LogP contribution in [0.3, 0.4) is 0 Å². The molecule has 1 atom stereocenters. The lowest BCUT2D eigenvalue weighted by Crippen LogP contribution is -2.40. The molecule has 0 heterocycles. The van der Waals surface area contributed by atoms with Crippen LogP contribution in [0.1, 0.15) is 15.9 Å². The van der Waals surface area contributed by atoms with Crippen LogP contribution in [0, 0.1) is 0 Å². The number of fused-ring (bicyclic) bond motifs is 1. The second kappa shape index (κ2) is 9.58. The van der Waals surface area contributed by atoms with E-state index in [-0.39, 0.29) is 17.6 Å². The monoisotopic (exact) mass is 467 g/mol. The number of rotatable bonds is 8. The van der Waals surface area contributed by atoms with Crippen LogP contribution in [0.25, 0.3) is 10.8 Å². The van der Waals surface area contributed by atoms with Gasteiger partial charge >= 0.3 is 15.6 Å². The summed E-state index contributed by atoms with van der Waals surface area (Å²) in [6.07, 6.45) is 0.391. The molecule has 0 aromatic heterocycles. The normalized spacial score (nSPS) is 13.0. The fourth-order valence-electron chi connectivity index (χ4n) is 3.23. The number of methoxy groups -OCH3 is 1. The lowest BCUT2D eigenvalue weighted by molar-refractivity contribution is -0.0500. The smallest absolute Gasteiger partial charge is 0.383 e. The summed E-state index contributed by atoms with van der Waals surface area (Å²) < 4.78 is 71.4. The van der Waals surface area contributed by atoms with Gasteiger partial charge in [-0.2, -0.15) is 21.6 Å². The van der Waals surface area contributed by atoms with E-state index in [1.54, 1.807) is 18.2 Å². The molecule has 0 bridgehead atoms. The van der Waals surface area contributed by atoms with Gasteiger partial charge in [-0.05, 0) is 28.8 Å². The minimum absolute atomic E-state index is 0.127. The van der Waals surface area contributed by atoms with E-state index in [9.17, 15) is 26.4 Å². The van der Waals surface area contributed by atoms with E-state index in [1.165, 1.54) is 19.2 Å². The number of hydrogen-bond acceptors (Lipinski definition) is 5. The summed E-state index contributed by atoms with van der Waals surface area (Å²) in [4.78, 5) is 13.2. The molecule has 32 heavy (non-hydrogen) atoms. The molecular weight excluding hydrogens is 447 g/mol. The first kappa shape index (κ1) is 23.6. The molecule has 0 unspecified atom stereocenters. The second-order valence-electron chi connectivity index (χ2n) is 6.96. The predicted octanol–water partition coefficient (Wildman–Crippen LogP) is 4.06. The molecule has 3 aromatic rings. The number of carbonyl (C=O) groups excluding carboxylic acids is 1. The first-order valence-electron chi connectivity index (χ1n) is 9.48. The van der Waals surface area contributed by atoms with Crippen molar-refractivity contribution in [1.29, 1.82) is 0 Å². The van der Waals surface area contributed by atoms with Gasteiger partial charge in [0.1, 0.15) is 0 Å². The fraction of sp³-hybridized carbons (Fsp3) is 0.227. The predicted molar refractivity (Wildman–Crippen MR) is 113 cm³/mol. The Labute approximate surface area is 183 Å². The van der Waals surface area contributed by atoms with Gasteiger partial charge in [-0.25, -0.2) is 0 Å². The number of benzene rings is 3. The third-order valence-electron chi connectivity index (χ3n) is 4.63. The highest BCUT2D eigenvalue weighted by Crippen LogP contribution is 2.33. The number of carbonyl (C=O) groups is 1. The second-order valence-corrected chi connectivity index (χ2v) is 8.50. The molecule has 0 saturated heterocycles. The maximum atomic E-state index is 13.2. The van der Waals surface area contributed by atoms with Crippen LogP contribution in [-0.4, -0.2) is 39.6 Å². The maximum Gasteiger partial charge on any atom is 0.534 e. The first-order valence-corrected chi connectivity index (χ1v) is 10.9. The van der Waals surface area contributed by atoms with Crippen molar-refractivity contribution in [3.8, 4) is 5.75 Å². The zero-order valence-corrected chi connectivity index (χ0v) is 17.7. The van der Waals surface area contributed by atoms with Crippen LogP contribution < -0.4 is 9.50 Å². The van der Waals surface area contributed by atoms with Crippen LogP contribution in [0.5, 0.6) is 5.75 Å². The Bertz CT molecular complexity index is 1200. The maximum absolute atomic E-state index is 13.2. The minimum atomic E-state index is -5.97. The number of nitrogens with one attached hydrogen (secondary N) is 1. The van der Waals surface area contributed by atoms with Crippen LogP contribution in [0.15, 0.2) is 66.7 Å². The van der Waals surface area contributed by atoms with E-state index in [0.717, 1.165) is 11.6 Å². The molecule has 0 spiro atoms. The quantitative estimate of drug-likeness (QED) is 0.399. The van der Waals surface area contributed by atoms with Crippen molar-refractivity contribution < 1.29 is 35.3 Å². The van der Waals surface area contributed by atoms with Crippen molar-refractivity contribution in [1.82, 2.24) is 5.32 Å². The summed E-state index contributed by atoms with van der Waals surface area (Å²) in [7, 11) is -4.52. The van der Waals surface area contributed by atoms with E-state index in [2.05, 4.69) is 9.50 Å². The van der Waals surface area contributed by atoms with Gasteiger partial charge in [0.25, 0.3) is 5.91 Å². The summed E-state index contributed by atoms with van der Waals surface area (Å²) >= 11 is 0. The molecule has 0 saturated carbocycles. The highest BCUT2D eigenvalue weighted by atomic mass is 32.2. The van der Waals surface area contributed by atoms with Crippen molar-refractivity contribution in [3.63, 3.8) is 0 Å². The summed E-state index contributed by atoms with van der Waals surface area (Å²) in [6.45, 7) is 0.127. The molecule has 0 aliphatic rings.